The summed E-state index contributed by atoms with van der Waals surface area (Å²) in [5.74, 6) is -4.04. The normalized spacial score (nSPS) is 27.1. The fraction of sp³-hybridized carbons (Fsp3) is 0.480. The van der Waals surface area contributed by atoms with Crippen molar-refractivity contribution in [3.8, 4) is 0 Å². The van der Waals surface area contributed by atoms with Crippen molar-refractivity contribution in [2.24, 2.45) is 11.8 Å². The number of aliphatic hydroxyl groups excluding tert-OH is 1. The summed E-state index contributed by atoms with van der Waals surface area (Å²) in [6.07, 6.45) is -0.318. The third-order valence-corrected chi connectivity index (χ3v) is 10.1. The van der Waals surface area contributed by atoms with Gasteiger partial charge in [0.2, 0.25) is 0 Å². The van der Waals surface area contributed by atoms with Crippen LogP contribution in [0.3, 0.4) is 0 Å². The van der Waals surface area contributed by atoms with E-state index in [1.165, 1.54) is 32.0 Å². The van der Waals surface area contributed by atoms with Crippen LogP contribution >= 0.6 is 11.6 Å². The van der Waals surface area contributed by atoms with E-state index in [-0.39, 0.29) is 34.0 Å². The zero-order valence-corrected chi connectivity index (χ0v) is 21.3. The van der Waals surface area contributed by atoms with Gasteiger partial charge in [-0.05, 0) is 81.7 Å². The Hall–Kier alpha value is -2.11. The zero-order chi connectivity index (χ0) is 26.6. The molecule has 11 heteroatoms. The summed E-state index contributed by atoms with van der Waals surface area (Å²) in [4.78, 5) is 12.4. The summed E-state index contributed by atoms with van der Waals surface area (Å²) < 4.78 is 53.9. The molecule has 4 N–H and O–H groups in total. The summed E-state index contributed by atoms with van der Waals surface area (Å²) in [5, 5.41) is 33.7. The van der Waals surface area contributed by atoms with Crippen LogP contribution in [-0.2, 0) is 9.84 Å². The monoisotopic (exact) mass is 543 g/mol. The van der Waals surface area contributed by atoms with Gasteiger partial charge in [0.1, 0.15) is 6.10 Å². The van der Waals surface area contributed by atoms with E-state index in [0.29, 0.717) is 12.8 Å². The molecule has 2 saturated carbocycles. The number of halogens is 3. The van der Waals surface area contributed by atoms with Gasteiger partial charge in [-0.3, -0.25) is 4.79 Å². The quantitative estimate of drug-likeness (QED) is 0.440. The van der Waals surface area contributed by atoms with Crippen molar-refractivity contribution in [3.05, 3.63) is 58.6 Å². The van der Waals surface area contributed by atoms with Crippen LogP contribution in [-0.4, -0.2) is 52.2 Å². The highest BCUT2D eigenvalue weighted by Crippen LogP contribution is 2.54. The largest absolute Gasteiger partial charge is 0.388 e. The van der Waals surface area contributed by atoms with E-state index in [4.69, 9.17) is 11.6 Å². The summed E-state index contributed by atoms with van der Waals surface area (Å²) in [6.45, 7) is 2.79. The first-order chi connectivity index (χ1) is 16.7. The Morgan fingerprint density at radius 2 is 1.72 bits per heavy atom. The number of rotatable bonds is 6. The van der Waals surface area contributed by atoms with Crippen LogP contribution in [0.25, 0.3) is 0 Å². The lowest BCUT2D eigenvalue weighted by molar-refractivity contribution is -0.200. The van der Waals surface area contributed by atoms with E-state index in [0.717, 1.165) is 18.2 Å². The average Bonchev–Trinajstić information content (AvgIpc) is 2.97. The van der Waals surface area contributed by atoms with Crippen LogP contribution in [0.4, 0.5) is 14.5 Å². The lowest BCUT2D eigenvalue weighted by Crippen LogP contribution is -2.62. The molecule has 2 aromatic carbocycles. The second-order valence-corrected chi connectivity index (χ2v) is 12.9. The van der Waals surface area contributed by atoms with Gasteiger partial charge in [0.25, 0.3) is 5.91 Å². The number of nitrogens with one attached hydrogen (secondary N) is 1. The molecule has 2 aliphatic rings. The van der Waals surface area contributed by atoms with E-state index in [9.17, 15) is 37.3 Å². The van der Waals surface area contributed by atoms with E-state index >= 15 is 0 Å². The first-order valence-electron chi connectivity index (χ1n) is 11.6. The Bertz CT molecular complexity index is 1280. The second kappa shape index (κ2) is 9.33. The fourth-order valence-corrected chi connectivity index (χ4v) is 8.03. The molecule has 2 aromatic rings. The SMILES string of the molecule is CC(C)(O)[C@@H](O)[C@@]1(O)[C@@H]2CC[C@H]1C[C@H](S(=O)(=O)c1cc(C(=O)Nc3ccc(F)c(F)c3)ccc1Cl)C2. The maximum absolute atomic E-state index is 13.6. The molecular formula is C25H28ClF2NO6S. The molecule has 2 fully saturated rings. The highest BCUT2D eigenvalue weighted by atomic mass is 35.5. The average molecular weight is 544 g/mol. The first kappa shape index (κ1) is 26.9. The number of carbonyl (C=O) groups is 1. The predicted octanol–water partition coefficient (Wildman–Crippen LogP) is 3.70. The minimum Gasteiger partial charge on any atom is -0.388 e. The van der Waals surface area contributed by atoms with E-state index in [1.54, 1.807) is 0 Å². The number of carbonyl (C=O) groups excluding carboxylic acids is 1. The third kappa shape index (κ3) is 4.65. The molecule has 0 saturated heterocycles. The molecule has 0 unspecified atom stereocenters. The molecule has 5 atom stereocenters. The van der Waals surface area contributed by atoms with Crippen molar-refractivity contribution >= 4 is 33.0 Å². The Labute approximate surface area is 213 Å². The highest BCUT2D eigenvalue weighted by Gasteiger charge is 2.61. The topological polar surface area (TPSA) is 124 Å². The van der Waals surface area contributed by atoms with Crippen LogP contribution in [0.2, 0.25) is 5.02 Å². The Kier molecular flexibility index (Phi) is 6.98. The number of aliphatic hydroxyl groups is 3. The molecule has 196 valence electrons. The van der Waals surface area contributed by atoms with Crippen LogP contribution in [0, 0.1) is 23.5 Å². The van der Waals surface area contributed by atoms with Gasteiger partial charge in [-0.1, -0.05) is 11.6 Å². The third-order valence-electron chi connectivity index (χ3n) is 7.49. The molecule has 2 aliphatic carbocycles. The number of sulfone groups is 1. The van der Waals surface area contributed by atoms with Gasteiger partial charge in [0, 0.05) is 17.3 Å². The van der Waals surface area contributed by atoms with Crippen LogP contribution in [0.5, 0.6) is 0 Å². The number of amides is 1. The Morgan fingerprint density at radius 1 is 1.11 bits per heavy atom. The van der Waals surface area contributed by atoms with Gasteiger partial charge in [0.05, 0.1) is 26.4 Å². The smallest absolute Gasteiger partial charge is 0.255 e. The van der Waals surface area contributed by atoms with Crippen LogP contribution in [0.15, 0.2) is 41.3 Å². The minimum atomic E-state index is -4.05. The van der Waals surface area contributed by atoms with Crippen molar-refractivity contribution in [2.45, 2.75) is 67.0 Å². The van der Waals surface area contributed by atoms with Crippen molar-refractivity contribution in [3.63, 3.8) is 0 Å². The number of hydrogen-bond donors (Lipinski definition) is 4. The number of hydrogen-bond acceptors (Lipinski definition) is 6. The maximum Gasteiger partial charge on any atom is 0.255 e. The zero-order valence-electron chi connectivity index (χ0n) is 19.7. The molecule has 0 heterocycles. The summed E-state index contributed by atoms with van der Waals surface area (Å²) >= 11 is 6.23. The molecule has 4 rings (SSSR count). The Morgan fingerprint density at radius 3 is 2.28 bits per heavy atom. The summed E-state index contributed by atoms with van der Waals surface area (Å²) in [5.41, 5.74) is -3.23. The van der Waals surface area contributed by atoms with Gasteiger partial charge in [-0.15, -0.1) is 0 Å². The van der Waals surface area contributed by atoms with Gasteiger partial charge in [-0.2, -0.15) is 0 Å². The molecule has 0 radical (unpaired) electrons. The van der Waals surface area contributed by atoms with Gasteiger partial charge in [-0.25, -0.2) is 17.2 Å². The van der Waals surface area contributed by atoms with Crippen molar-refractivity contribution < 1.29 is 37.3 Å². The number of benzene rings is 2. The minimum absolute atomic E-state index is 0.00763. The lowest BCUT2D eigenvalue weighted by Gasteiger charge is -2.48. The lowest BCUT2D eigenvalue weighted by atomic mass is 9.68. The van der Waals surface area contributed by atoms with Crippen molar-refractivity contribution in [1.82, 2.24) is 0 Å². The van der Waals surface area contributed by atoms with Crippen LogP contribution < -0.4 is 5.32 Å². The molecule has 0 aromatic heterocycles. The van der Waals surface area contributed by atoms with Gasteiger partial charge in [0.15, 0.2) is 21.5 Å². The van der Waals surface area contributed by atoms with E-state index in [2.05, 4.69) is 5.32 Å². The van der Waals surface area contributed by atoms with E-state index in [1.807, 2.05) is 0 Å². The van der Waals surface area contributed by atoms with Gasteiger partial charge >= 0.3 is 0 Å². The molecule has 7 nitrogen and oxygen atoms in total. The number of anilines is 1. The first-order valence-corrected chi connectivity index (χ1v) is 13.5. The maximum atomic E-state index is 13.6. The van der Waals surface area contributed by atoms with Crippen LogP contribution in [0.1, 0.15) is 49.9 Å². The molecule has 1 amide bonds. The Balaban J connectivity index is 1.59. The summed E-state index contributed by atoms with van der Waals surface area (Å²) in [7, 11) is -4.05. The second-order valence-electron chi connectivity index (χ2n) is 10.3. The molecule has 0 spiro atoms. The highest BCUT2D eigenvalue weighted by molar-refractivity contribution is 7.92. The molecule has 36 heavy (non-hydrogen) atoms. The molecule has 2 bridgehead atoms. The molecular weight excluding hydrogens is 516 g/mol. The standard InChI is InChI=1S/C25H28ClF2NO6S/c1-24(2,32)23(31)25(33)14-4-5-15(25)11-17(10-14)36(34,35)21-9-13(3-7-18(21)26)22(30)29-16-6-8-19(27)20(28)12-16/h3,6-9,12,14-15,17,23,31-33H,4-5,10-11H2,1-2H3,(H,29,30)/t14-,15+,17-,23-,25-/m1/s1. The molecule has 0 aliphatic heterocycles. The van der Waals surface area contributed by atoms with Crippen molar-refractivity contribution in [2.75, 3.05) is 5.32 Å². The van der Waals surface area contributed by atoms with Gasteiger partial charge < -0.3 is 20.6 Å². The predicted molar refractivity (Wildman–Crippen MR) is 129 cm³/mol. The number of fused-ring (bicyclic) bond motifs is 2. The van der Waals surface area contributed by atoms with Crippen molar-refractivity contribution in [1.29, 1.82) is 0 Å². The fourth-order valence-electron chi connectivity index (χ4n) is 5.63. The van der Waals surface area contributed by atoms with E-state index < -0.39 is 61.8 Å². The summed E-state index contributed by atoms with van der Waals surface area (Å²) in [6, 6.07) is 6.57.